The van der Waals surface area contributed by atoms with Crippen LogP contribution in [0.2, 0.25) is 0 Å². The molecule has 9 nitrogen and oxygen atoms in total. The lowest BCUT2D eigenvalue weighted by Gasteiger charge is -2.08. The number of anilines is 1. The zero-order valence-electron chi connectivity index (χ0n) is 14.2. The van der Waals surface area contributed by atoms with Crippen LogP contribution in [0.15, 0.2) is 59.5 Å². The van der Waals surface area contributed by atoms with Crippen LogP contribution in [0.5, 0.6) is 11.6 Å². The van der Waals surface area contributed by atoms with Gasteiger partial charge in [0.1, 0.15) is 11.4 Å². The number of primary amides is 1. The highest BCUT2D eigenvalue weighted by Crippen LogP contribution is 2.21. The summed E-state index contributed by atoms with van der Waals surface area (Å²) in [5, 5.41) is 6.50. The van der Waals surface area contributed by atoms with Crippen LogP contribution in [-0.4, -0.2) is 26.6 Å². The molecule has 0 fully saturated rings. The Balaban J connectivity index is 1.69. The molecule has 2 aromatic heterocycles. The third-order valence-corrected chi connectivity index (χ3v) is 3.53. The summed E-state index contributed by atoms with van der Waals surface area (Å²) in [6, 6.07) is 12.1. The monoisotopic (exact) mass is 365 g/mol. The first kappa shape index (κ1) is 17.8. The van der Waals surface area contributed by atoms with E-state index in [4.69, 9.17) is 10.5 Å². The first-order valence-electron chi connectivity index (χ1n) is 7.82. The molecule has 3 rings (SSSR count). The number of pyridine rings is 1. The molecule has 0 saturated heterocycles. The average Bonchev–Trinajstić information content (AvgIpc) is 2.65. The number of rotatable bonds is 5. The van der Waals surface area contributed by atoms with E-state index in [1.807, 2.05) is 0 Å². The minimum absolute atomic E-state index is 0.0979. The van der Waals surface area contributed by atoms with E-state index in [0.717, 1.165) is 4.68 Å². The Morgan fingerprint density at radius 3 is 2.63 bits per heavy atom. The lowest BCUT2D eigenvalue weighted by atomic mass is 10.2. The van der Waals surface area contributed by atoms with E-state index in [-0.39, 0.29) is 17.1 Å². The maximum absolute atomic E-state index is 12.2. The summed E-state index contributed by atoms with van der Waals surface area (Å²) in [4.78, 5) is 38.8. The van der Waals surface area contributed by atoms with Crippen molar-refractivity contribution >= 4 is 17.5 Å². The molecule has 0 aliphatic heterocycles. The molecule has 27 heavy (non-hydrogen) atoms. The maximum Gasteiger partial charge on any atom is 0.276 e. The van der Waals surface area contributed by atoms with Gasteiger partial charge in [-0.15, -0.1) is 0 Å². The van der Waals surface area contributed by atoms with Gasteiger partial charge in [0, 0.05) is 24.7 Å². The Labute approximate surface area is 153 Å². The number of hydrogen-bond donors (Lipinski definition) is 2. The summed E-state index contributed by atoms with van der Waals surface area (Å²) in [5.41, 5.74) is 5.77. The van der Waals surface area contributed by atoms with Crippen LogP contribution >= 0.6 is 0 Å². The molecule has 9 heteroatoms. The summed E-state index contributed by atoms with van der Waals surface area (Å²) in [6.45, 7) is 0. The molecule has 3 aromatic rings. The third-order valence-electron chi connectivity index (χ3n) is 3.53. The summed E-state index contributed by atoms with van der Waals surface area (Å²) in [7, 11) is 1.46. The molecule has 136 valence electrons. The number of amides is 2. The minimum atomic E-state index is -0.557. The lowest BCUT2D eigenvalue weighted by Crippen LogP contribution is -2.23. The number of benzene rings is 1. The van der Waals surface area contributed by atoms with Gasteiger partial charge < -0.3 is 15.8 Å². The summed E-state index contributed by atoms with van der Waals surface area (Å²) in [6.07, 6.45) is 1.41. The number of nitrogens with zero attached hydrogens (tertiary/aromatic N) is 3. The van der Waals surface area contributed by atoms with Crippen LogP contribution in [-0.2, 0) is 7.05 Å². The highest BCUT2D eigenvalue weighted by atomic mass is 16.5. The molecule has 0 aliphatic rings. The molecule has 1 aromatic carbocycles. The van der Waals surface area contributed by atoms with Crippen molar-refractivity contribution in [2.75, 3.05) is 5.32 Å². The second kappa shape index (κ2) is 7.48. The van der Waals surface area contributed by atoms with E-state index in [1.165, 1.54) is 31.4 Å². The predicted octanol–water partition coefficient (Wildman–Crippen LogP) is 1.32. The predicted molar refractivity (Wildman–Crippen MR) is 96.7 cm³/mol. The topological polar surface area (TPSA) is 129 Å². The Morgan fingerprint density at radius 2 is 1.96 bits per heavy atom. The zero-order valence-corrected chi connectivity index (χ0v) is 14.2. The van der Waals surface area contributed by atoms with Crippen LogP contribution in [0.1, 0.15) is 20.8 Å². The number of carbonyl (C=O) groups excluding carboxylic acids is 2. The summed E-state index contributed by atoms with van der Waals surface area (Å²) >= 11 is 0. The fourth-order valence-electron chi connectivity index (χ4n) is 2.17. The molecule has 0 spiro atoms. The van der Waals surface area contributed by atoms with Gasteiger partial charge in [0.15, 0.2) is 0 Å². The van der Waals surface area contributed by atoms with Crippen molar-refractivity contribution in [1.82, 2.24) is 14.8 Å². The minimum Gasteiger partial charge on any atom is -0.439 e. The van der Waals surface area contributed by atoms with Crippen LogP contribution in [0.25, 0.3) is 0 Å². The van der Waals surface area contributed by atoms with Gasteiger partial charge in [0.05, 0.1) is 11.9 Å². The highest BCUT2D eigenvalue weighted by molar-refractivity contribution is 6.02. The van der Waals surface area contributed by atoms with E-state index in [0.29, 0.717) is 17.0 Å². The molecule has 0 atom stereocenters. The number of carbonyl (C=O) groups is 2. The van der Waals surface area contributed by atoms with Gasteiger partial charge in [-0.2, -0.15) is 5.10 Å². The molecule has 2 amide bonds. The van der Waals surface area contributed by atoms with Crippen LogP contribution in [0, 0.1) is 0 Å². The fourth-order valence-corrected chi connectivity index (χ4v) is 2.17. The smallest absolute Gasteiger partial charge is 0.276 e. The first-order chi connectivity index (χ1) is 12.9. The molecule has 0 bridgehead atoms. The normalized spacial score (nSPS) is 10.3. The van der Waals surface area contributed by atoms with Crippen LogP contribution < -0.4 is 21.3 Å². The van der Waals surface area contributed by atoms with Crippen molar-refractivity contribution in [3.8, 4) is 11.6 Å². The van der Waals surface area contributed by atoms with Crippen molar-refractivity contribution < 1.29 is 14.3 Å². The molecular weight excluding hydrogens is 350 g/mol. The second-order valence-corrected chi connectivity index (χ2v) is 5.51. The molecule has 0 radical (unpaired) electrons. The standard InChI is InChI=1S/C18H15N5O4/c1-23-16(24)8-6-14(22-23)18(26)21-12-5-7-15(20-10-12)27-13-4-2-3-11(9-13)17(19)25/h2-10H,1H3,(H2,19,25)(H,21,26). The Morgan fingerprint density at radius 1 is 1.15 bits per heavy atom. The Bertz CT molecular complexity index is 1060. The summed E-state index contributed by atoms with van der Waals surface area (Å²) < 4.78 is 6.63. The number of aryl methyl sites for hydroxylation is 1. The number of aromatic nitrogens is 3. The van der Waals surface area contributed by atoms with Gasteiger partial charge in [-0.1, -0.05) is 6.07 Å². The molecule has 0 aliphatic carbocycles. The fraction of sp³-hybridized carbons (Fsp3) is 0.0556. The number of nitrogens with two attached hydrogens (primary N) is 1. The summed E-state index contributed by atoms with van der Waals surface area (Å²) in [5.74, 6) is -0.353. The largest absolute Gasteiger partial charge is 0.439 e. The van der Waals surface area contributed by atoms with E-state index in [2.05, 4.69) is 15.4 Å². The molecule has 3 N–H and O–H groups in total. The highest BCUT2D eigenvalue weighted by Gasteiger charge is 2.10. The SMILES string of the molecule is Cn1nc(C(=O)Nc2ccc(Oc3cccc(C(N)=O)c3)nc2)ccc1=O. The number of nitrogens with one attached hydrogen (secondary N) is 1. The van der Waals surface area contributed by atoms with Gasteiger partial charge in [-0.3, -0.25) is 14.4 Å². The van der Waals surface area contributed by atoms with E-state index in [9.17, 15) is 14.4 Å². The maximum atomic E-state index is 12.2. The average molecular weight is 365 g/mol. The molecule has 0 unspecified atom stereocenters. The zero-order chi connectivity index (χ0) is 19.4. The van der Waals surface area contributed by atoms with Crippen molar-refractivity contribution in [2.45, 2.75) is 0 Å². The Hall–Kier alpha value is -4.01. The van der Waals surface area contributed by atoms with E-state index < -0.39 is 11.8 Å². The third kappa shape index (κ3) is 4.34. The van der Waals surface area contributed by atoms with Gasteiger partial charge in [0.25, 0.3) is 11.5 Å². The van der Waals surface area contributed by atoms with Crippen molar-refractivity contribution in [2.24, 2.45) is 12.8 Å². The molecule has 0 saturated carbocycles. The molecular formula is C18H15N5O4. The van der Waals surface area contributed by atoms with Crippen LogP contribution in [0.4, 0.5) is 5.69 Å². The van der Waals surface area contributed by atoms with Crippen molar-refractivity contribution in [3.63, 3.8) is 0 Å². The number of ether oxygens (including phenoxy) is 1. The molecule has 2 heterocycles. The quantitative estimate of drug-likeness (QED) is 0.701. The lowest BCUT2D eigenvalue weighted by molar-refractivity contribution is 0.0996. The van der Waals surface area contributed by atoms with E-state index >= 15 is 0 Å². The first-order valence-corrected chi connectivity index (χ1v) is 7.82. The number of hydrogen-bond acceptors (Lipinski definition) is 6. The Kier molecular flexibility index (Phi) is 4.93. The van der Waals surface area contributed by atoms with Gasteiger partial charge in [-0.25, -0.2) is 9.67 Å². The van der Waals surface area contributed by atoms with Crippen molar-refractivity contribution in [3.05, 3.63) is 76.3 Å². The van der Waals surface area contributed by atoms with Gasteiger partial charge >= 0.3 is 0 Å². The second-order valence-electron chi connectivity index (χ2n) is 5.51. The van der Waals surface area contributed by atoms with Crippen LogP contribution in [0.3, 0.4) is 0 Å². The van der Waals surface area contributed by atoms with Gasteiger partial charge in [-0.05, 0) is 30.3 Å². The van der Waals surface area contributed by atoms with Gasteiger partial charge in [0.2, 0.25) is 11.8 Å². The van der Waals surface area contributed by atoms with E-state index in [1.54, 1.807) is 30.3 Å². The van der Waals surface area contributed by atoms with Crippen molar-refractivity contribution in [1.29, 1.82) is 0 Å².